The average Bonchev–Trinajstić information content (AvgIpc) is 3.59. The SMILES string of the molecule is CCc1nc2cccc3c2n1-c1ccc(-c2c4ccccc4c(-c4ccc(-c5ccccc5)cc4)c4ccccc24)cc1P3(=O)c1ccccc1. The van der Waals surface area contributed by atoms with Crippen molar-refractivity contribution in [3.63, 3.8) is 0 Å². The highest BCUT2D eigenvalue weighted by Crippen LogP contribution is 2.51. The molecule has 0 aliphatic carbocycles. The summed E-state index contributed by atoms with van der Waals surface area (Å²) in [4.78, 5) is 5.03. The zero-order chi connectivity index (χ0) is 34.1. The van der Waals surface area contributed by atoms with Crippen molar-refractivity contribution < 1.29 is 4.57 Å². The molecule has 0 saturated heterocycles. The van der Waals surface area contributed by atoms with Crippen LogP contribution in [0.2, 0.25) is 0 Å². The Balaban J connectivity index is 1.25. The predicted molar refractivity (Wildman–Crippen MR) is 215 cm³/mol. The molecule has 8 aromatic carbocycles. The molecule has 1 aliphatic rings. The Kier molecular flexibility index (Phi) is 6.74. The third kappa shape index (κ3) is 4.38. The molecule has 0 bridgehead atoms. The van der Waals surface area contributed by atoms with E-state index in [0.717, 1.165) is 56.0 Å². The van der Waals surface area contributed by atoms with Crippen molar-refractivity contribution in [3.8, 4) is 39.1 Å². The van der Waals surface area contributed by atoms with E-state index in [2.05, 4.69) is 133 Å². The molecular weight excluding hydrogens is 640 g/mol. The van der Waals surface area contributed by atoms with Crippen LogP contribution in [-0.4, -0.2) is 9.55 Å². The van der Waals surface area contributed by atoms with Gasteiger partial charge in [-0.05, 0) is 79.2 Å². The molecule has 0 saturated carbocycles. The first-order valence-corrected chi connectivity index (χ1v) is 19.3. The van der Waals surface area contributed by atoms with Crippen molar-refractivity contribution in [1.82, 2.24) is 9.55 Å². The molecule has 3 nitrogen and oxygen atoms in total. The van der Waals surface area contributed by atoms with E-state index < -0.39 is 7.14 Å². The van der Waals surface area contributed by atoms with Crippen LogP contribution >= 0.6 is 7.14 Å². The number of hydrogen-bond acceptors (Lipinski definition) is 2. The van der Waals surface area contributed by atoms with E-state index in [1.165, 1.54) is 43.8 Å². The summed E-state index contributed by atoms with van der Waals surface area (Å²) in [5, 5.41) is 7.27. The van der Waals surface area contributed by atoms with Gasteiger partial charge in [0.2, 0.25) is 0 Å². The second-order valence-corrected chi connectivity index (χ2v) is 16.0. The number of benzene rings is 8. The summed E-state index contributed by atoms with van der Waals surface area (Å²) in [6, 6.07) is 59.7. The molecule has 4 heteroatoms. The molecule has 0 spiro atoms. The summed E-state index contributed by atoms with van der Waals surface area (Å²) in [7, 11) is -3.28. The molecule has 51 heavy (non-hydrogen) atoms. The van der Waals surface area contributed by atoms with Gasteiger partial charge in [0.05, 0.1) is 16.7 Å². The minimum absolute atomic E-state index is 0.772. The van der Waals surface area contributed by atoms with Crippen LogP contribution in [0.1, 0.15) is 12.7 Å². The maximum atomic E-state index is 16.0. The first-order valence-electron chi connectivity index (χ1n) is 17.6. The van der Waals surface area contributed by atoms with Crippen molar-refractivity contribution >= 4 is 55.6 Å². The molecule has 0 amide bonds. The second-order valence-electron chi connectivity index (χ2n) is 13.3. The lowest BCUT2D eigenvalue weighted by molar-refractivity contribution is 0.592. The smallest absolute Gasteiger partial charge is 0.175 e. The average molecular weight is 673 g/mol. The summed E-state index contributed by atoms with van der Waals surface area (Å²) >= 11 is 0. The van der Waals surface area contributed by atoms with E-state index in [1.807, 2.05) is 48.5 Å². The maximum Gasteiger partial charge on any atom is 0.175 e. The van der Waals surface area contributed by atoms with E-state index in [-0.39, 0.29) is 0 Å². The summed E-state index contributed by atoms with van der Waals surface area (Å²) in [5.74, 6) is 0.976. The first-order chi connectivity index (χ1) is 25.1. The van der Waals surface area contributed by atoms with Crippen molar-refractivity contribution in [2.45, 2.75) is 13.3 Å². The van der Waals surface area contributed by atoms with Gasteiger partial charge in [-0.3, -0.25) is 4.57 Å². The van der Waals surface area contributed by atoms with Gasteiger partial charge in [-0.2, -0.15) is 0 Å². The summed E-state index contributed by atoms with van der Waals surface area (Å²) < 4.78 is 18.3. The van der Waals surface area contributed by atoms with Gasteiger partial charge < -0.3 is 4.57 Å². The molecule has 0 fully saturated rings. The predicted octanol–water partition coefficient (Wildman–Crippen LogP) is 10.8. The molecule has 0 radical (unpaired) electrons. The van der Waals surface area contributed by atoms with Crippen LogP contribution in [0.5, 0.6) is 0 Å². The maximum absolute atomic E-state index is 16.0. The molecule has 1 atom stereocenters. The van der Waals surface area contributed by atoms with Crippen LogP contribution in [0.4, 0.5) is 0 Å². The molecular formula is C47H33N2OP. The molecule has 9 aromatic rings. The van der Waals surface area contributed by atoms with Crippen LogP contribution in [0.15, 0.2) is 170 Å². The third-order valence-electron chi connectivity index (χ3n) is 10.6. The molecule has 1 aromatic heterocycles. The number of rotatable bonds is 5. The highest BCUT2D eigenvalue weighted by molar-refractivity contribution is 7.86. The van der Waals surface area contributed by atoms with Gasteiger partial charge in [-0.15, -0.1) is 0 Å². The fourth-order valence-electron chi connectivity index (χ4n) is 8.28. The van der Waals surface area contributed by atoms with E-state index in [1.54, 1.807) is 0 Å². The number of fused-ring (bicyclic) bond motifs is 4. The monoisotopic (exact) mass is 672 g/mol. The summed E-state index contributed by atoms with van der Waals surface area (Å²) in [5.41, 5.74) is 9.81. The van der Waals surface area contributed by atoms with Crippen LogP contribution in [0.25, 0.3) is 71.6 Å². The lowest BCUT2D eigenvalue weighted by atomic mass is 9.85. The minimum Gasteiger partial charge on any atom is -0.308 e. The molecule has 0 N–H and O–H groups in total. The third-order valence-corrected chi connectivity index (χ3v) is 13.7. The standard InChI is InChI=1S/C47H33N2OP/c1-2-44-48-40-22-13-23-42-47(40)49(44)41-29-28-34(30-43(41)51(42,50)35-16-7-4-8-17-35)46-38-20-11-9-18-36(38)45(37-19-10-12-21-39(37)46)33-26-24-32(25-27-33)31-14-5-3-6-15-31/h3-30H,2H2,1H3. The number of nitrogens with zero attached hydrogens (tertiary/aromatic N) is 2. The first kappa shape index (κ1) is 29.9. The summed E-state index contributed by atoms with van der Waals surface area (Å²) in [6.07, 6.45) is 0.772. The van der Waals surface area contributed by atoms with Crippen molar-refractivity contribution in [2.75, 3.05) is 0 Å². The Morgan fingerprint density at radius 3 is 1.67 bits per heavy atom. The van der Waals surface area contributed by atoms with Gasteiger partial charge in [0, 0.05) is 22.3 Å². The fraction of sp³-hybridized carbons (Fsp3) is 0.0426. The van der Waals surface area contributed by atoms with E-state index in [9.17, 15) is 0 Å². The lowest BCUT2D eigenvalue weighted by Crippen LogP contribution is -2.33. The lowest BCUT2D eigenvalue weighted by Gasteiger charge is -2.30. The molecule has 1 unspecified atom stereocenters. The van der Waals surface area contributed by atoms with Crippen LogP contribution in [-0.2, 0) is 11.0 Å². The number of para-hydroxylation sites is 1. The van der Waals surface area contributed by atoms with Gasteiger partial charge in [-0.1, -0.05) is 153 Å². The zero-order valence-corrected chi connectivity index (χ0v) is 29.0. The molecule has 10 rings (SSSR count). The second kappa shape index (κ2) is 11.5. The van der Waals surface area contributed by atoms with Crippen LogP contribution in [0, 0.1) is 0 Å². The van der Waals surface area contributed by atoms with Crippen LogP contribution < -0.4 is 15.9 Å². The largest absolute Gasteiger partial charge is 0.308 e. The van der Waals surface area contributed by atoms with Gasteiger partial charge in [-0.25, -0.2) is 4.98 Å². The highest BCUT2D eigenvalue weighted by atomic mass is 31.2. The number of aryl methyl sites for hydroxylation is 1. The Morgan fingerprint density at radius 2 is 1.04 bits per heavy atom. The van der Waals surface area contributed by atoms with E-state index in [0.29, 0.717) is 0 Å². The number of aromatic nitrogens is 2. The van der Waals surface area contributed by atoms with Gasteiger partial charge >= 0.3 is 0 Å². The number of imidazole rings is 1. The van der Waals surface area contributed by atoms with Gasteiger partial charge in [0.15, 0.2) is 7.14 Å². The van der Waals surface area contributed by atoms with Crippen molar-refractivity contribution in [2.24, 2.45) is 0 Å². The van der Waals surface area contributed by atoms with Crippen molar-refractivity contribution in [3.05, 3.63) is 176 Å². The molecule has 1 aliphatic heterocycles. The highest BCUT2D eigenvalue weighted by Gasteiger charge is 2.40. The Hall–Kier alpha value is -6.02. The number of hydrogen-bond donors (Lipinski definition) is 0. The van der Waals surface area contributed by atoms with Gasteiger partial charge in [0.25, 0.3) is 0 Å². The Labute approximate surface area is 296 Å². The zero-order valence-electron chi connectivity index (χ0n) is 28.1. The van der Waals surface area contributed by atoms with E-state index in [4.69, 9.17) is 4.98 Å². The topological polar surface area (TPSA) is 34.9 Å². The molecule has 242 valence electrons. The Bertz CT molecular complexity index is 2800. The van der Waals surface area contributed by atoms with Crippen LogP contribution in [0.3, 0.4) is 0 Å². The summed E-state index contributed by atoms with van der Waals surface area (Å²) in [6.45, 7) is 2.14. The van der Waals surface area contributed by atoms with Crippen molar-refractivity contribution in [1.29, 1.82) is 0 Å². The normalized spacial score (nSPS) is 15.0. The Morgan fingerprint density at radius 1 is 0.510 bits per heavy atom. The fourth-order valence-corrected chi connectivity index (χ4v) is 11.3. The quantitative estimate of drug-likeness (QED) is 0.135. The minimum atomic E-state index is -3.28. The van der Waals surface area contributed by atoms with E-state index >= 15 is 4.57 Å². The van der Waals surface area contributed by atoms with Gasteiger partial charge in [0.1, 0.15) is 5.82 Å². The molecule has 2 heterocycles.